The predicted molar refractivity (Wildman–Crippen MR) is 80.0 cm³/mol. The number of hydrogen-bond donors (Lipinski definition) is 0. The zero-order valence-corrected chi connectivity index (χ0v) is 12.2. The lowest BCUT2D eigenvalue weighted by atomic mass is 10.2. The molecule has 0 spiro atoms. The minimum absolute atomic E-state index is 0.00297. The monoisotopic (exact) mass is 294 g/mol. The van der Waals surface area contributed by atoms with Gasteiger partial charge in [-0.05, 0) is 18.9 Å². The highest BCUT2D eigenvalue weighted by Crippen LogP contribution is 2.12. The Bertz CT molecular complexity index is 469. The lowest BCUT2D eigenvalue weighted by Gasteiger charge is -2.19. The van der Waals surface area contributed by atoms with Crippen molar-refractivity contribution in [2.75, 3.05) is 19.7 Å². The lowest BCUT2D eigenvalue weighted by Crippen LogP contribution is -2.34. The highest BCUT2D eigenvalue weighted by Gasteiger charge is 2.15. The molecule has 4 nitrogen and oxygen atoms in total. The van der Waals surface area contributed by atoms with E-state index in [9.17, 15) is 4.79 Å². The van der Waals surface area contributed by atoms with E-state index in [1.807, 2.05) is 23.1 Å². The van der Waals surface area contributed by atoms with Gasteiger partial charge in [-0.15, -0.1) is 0 Å². The van der Waals surface area contributed by atoms with Gasteiger partial charge >= 0.3 is 0 Å². The molecule has 0 unspecified atom stereocenters. The summed E-state index contributed by atoms with van der Waals surface area (Å²) in [4.78, 5) is 18.9. The second-order valence-electron chi connectivity index (χ2n) is 4.82. The standard InChI is InChI=1S/C15H19ClN2O2/c16-14-8-4-3-7-13(14)11-17-20-12-15(19)18-9-5-1-2-6-10-18/h3-4,7-8,11H,1-2,5-6,9-10,12H2. The normalized spacial score (nSPS) is 16.1. The number of hydrogen-bond acceptors (Lipinski definition) is 3. The number of benzene rings is 1. The van der Waals surface area contributed by atoms with Gasteiger partial charge in [-0.1, -0.05) is 47.8 Å². The Balaban J connectivity index is 1.77. The highest BCUT2D eigenvalue weighted by molar-refractivity contribution is 6.33. The topological polar surface area (TPSA) is 41.9 Å². The first-order chi connectivity index (χ1) is 9.77. The zero-order valence-electron chi connectivity index (χ0n) is 11.4. The fourth-order valence-electron chi connectivity index (χ4n) is 2.18. The molecule has 1 fully saturated rings. The Morgan fingerprint density at radius 2 is 1.95 bits per heavy atom. The van der Waals surface area contributed by atoms with Gasteiger partial charge in [0.05, 0.1) is 6.21 Å². The van der Waals surface area contributed by atoms with Crippen LogP contribution in [0.15, 0.2) is 29.4 Å². The summed E-state index contributed by atoms with van der Waals surface area (Å²) >= 11 is 5.98. The molecule has 20 heavy (non-hydrogen) atoms. The van der Waals surface area contributed by atoms with Crippen LogP contribution in [0.1, 0.15) is 31.2 Å². The van der Waals surface area contributed by atoms with E-state index in [2.05, 4.69) is 5.16 Å². The van der Waals surface area contributed by atoms with Crippen molar-refractivity contribution in [3.63, 3.8) is 0 Å². The number of nitrogens with zero attached hydrogens (tertiary/aromatic N) is 2. The third-order valence-electron chi connectivity index (χ3n) is 3.32. The molecule has 0 aromatic heterocycles. The summed E-state index contributed by atoms with van der Waals surface area (Å²) in [6.07, 6.45) is 6.09. The van der Waals surface area contributed by atoms with Crippen LogP contribution in [0.25, 0.3) is 0 Å². The molecule has 2 rings (SSSR count). The minimum Gasteiger partial charge on any atom is -0.386 e. The number of carbonyl (C=O) groups is 1. The van der Waals surface area contributed by atoms with Crippen molar-refractivity contribution in [2.24, 2.45) is 5.16 Å². The molecule has 5 heteroatoms. The summed E-state index contributed by atoms with van der Waals surface area (Å²) in [5.74, 6) is 0.00297. The first-order valence-corrected chi connectivity index (χ1v) is 7.33. The molecule has 1 heterocycles. The third-order valence-corrected chi connectivity index (χ3v) is 3.66. The van der Waals surface area contributed by atoms with Crippen LogP contribution < -0.4 is 0 Å². The summed E-state index contributed by atoms with van der Waals surface area (Å²) < 4.78 is 0. The van der Waals surface area contributed by atoms with Crippen molar-refractivity contribution in [1.29, 1.82) is 0 Å². The first kappa shape index (κ1) is 14.9. The molecule has 0 aliphatic carbocycles. The summed E-state index contributed by atoms with van der Waals surface area (Å²) in [6, 6.07) is 7.34. The number of amides is 1. The van der Waals surface area contributed by atoms with Gasteiger partial charge < -0.3 is 9.74 Å². The Labute approximate surface area is 124 Å². The maximum atomic E-state index is 11.9. The van der Waals surface area contributed by atoms with Crippen LogP contribution in [-0.2, 0) is 9.63 Å². The van der Waals surface area contributed by atoms with Crippen LogP contribution in [-0.4, -0.2) is 36.7 Å². The average Bonchev–Trinajstić information content (AvgIpc) is 2.74. The van der Waals surface area contributed by atoms with E-state index >= 15 is 0 Å². The predicted octanol–water partition coefficient (Wildman–Crippen LogP) is 3.09. The Morgan fingerprint density at radius 3 is 2.65 bits per heavy atom. The molecule has 0 radical (unpaired) electrons. The van der Waals surface area contributed by atoms with E-state index < -0.39 is 0 Å². The van der Waals surface area contributed by atoms with E-state index in [0.717, 1.165) is 31.5 Å². The van der Waals surface area contributed by atoms with Crippen LogP contribution >= 0.6 is 11.6 Å². The first-order valence-electron chi connectivity index (χ1n) is 6.95. The summed E-state index contributed by atoms with van der Waals surface area (Å²) in [5, 5.41) is 4.41. The van der Waals surface area contributed by atoms with Gasteiger partial charge in [-0.3, -0.25) is 4.79 Å². The number of halogens is 1. The minimum atomic E-state index is -0.0129. The third kappa shape index (κ3) is 4.53. The van der Waals surface area contributed by atoms with Gasteiger partial charge in [-0.25, -0.2) is 0 Å². The molecule has 0 bridgehead atoms. The van der Waals surface area contributed by atoms with E-state index in [1.54, 1.807) is 6.07 Å². The number of rotatable bonds is 4. The Hall–Kier alpha value is -1.55. The van der Waals surface area contributed by atoms with Crippen molar-refractivity contribution < 1.29 is 9.63 Å². The Morgan fingerprint density at radius 1 is 1.25 bits per heavy atom. The lowest BCUT2D eigenvalue weighted by molar-refractivity contribution is -0.136. The second-order valence-corrected chi connectivity index (χ2v) is 5.23. The highest BCUT2D eigenvalue weighted by atomic mass is 35.5. The molecular formula is C15H19ClN2O2. The smallest absolute Gasteiger partial charge is 0.263 e. The molecule has 0 saturated carbocycles. The van der Waals surface area contributed by atoms with Gasteiger partial charge in [0.15, 0.2) is 6.61 Å². The molecule has 0 N–H and O–H groups in total. The summed E-state index contributed by atoms with van der Waals surface area (Å²) in [7, 11) is 0. The quantitative estimate of drug-likeness (QED) is 0.632. The van der Waals surface area contributed by atoms with Gasteiger partial charge in [-0.2, -0.15) is 0 Å². The van der Waals surface area contributed by atoms with Crippen molar-refractivity contribution in [3.05, 3.63) is 34.9 Å². The van der Waals surface area contributed by atoms with Gasteiger partial charge in [0, 0.05) is 23.7 Å². The number of likely N-dealkylation sites (tertiary alicyclic amines) is 1. The van der Waals surface area contributed by atoms with Gasteiger partial charge in [0.25, 0.3) is 5.91 Å². The summed E-state index contributed by atoms with van der Waals surface area (Å²) in [6.45, 7) is 1.65. The van der Waals surface area contributed by atoms with Crippen molar-refractivity contribution >= 4 is 23.7 Å². The molecule has 108 valence electrons. The van der Waals surface area contributed by atoms with Gasteiger partial charge in [0.2, 0.25) is 0 Å². The zero-order chi connectivity index (χ0) is 14.2. The van der Waals surface area contributed by atoms with Gasteiger partial charge in [0.1, 0.15) is 0 Å². The SMILES string of the molecule is O=C(CON=Cc1ccccc1Cl)N1CCCCCC1. The van der Waals surface area contributed by atoms with E-state index in [0.29, 0.717) is 5.02 Å². The fourth-order valence-corrected chi connectivity index (χ4v) is 2.36. The Kier molecular flexibility index (Phi) is 5.87. The van der Waals surface area contributed by atoms with Crippen LogP contribution in [0.3, 0.4) is 0 Å². The molecule has 1 aromatic rings. The van der Waals surface area contributed by atoms with E-state index in [1.165, 1.54) is 19.1 Å². The maximum Gasteiger partial charge on any atom is 0.263 e. The number of oxime groups is 1. The second kappa shape index (κ2) is 7.90. The van der Waals surface area contributed by atoms with Crippen LogP contribution in [0.4, 0.5) is 0 Å². The van der Waals surface area contributed by atoms with Crippen LogP contribution in [0.5, 0.6) is 0 Å². The average molecular weight is 295 g/mol. The molecular weight excluding hydrogens is 276 g/mol. The van der Waals surface area contributed by atoms with Crippen LogP contribution in [0.2, 0.25) is 5.02 Å². The molecule has 1 aliphatic heterocycles. The molecule has 1 aromatic carbocycles. The molecule has 1 aliphatic rings. The van der Waals surface area contributed by atoms with E-state index in [4.69, 9.17) is 16.4 Å². The fraction of sp³-hybridized carbons (Fsp3) is 0.467. The number of carbonyl (C=O) groups excluding carboxylic acids is 1. The van der Waals surface area contributed by atoms with E-state index in [-0.39, 0.29) is 12.5 Å². The summed E-state index contributed by atoms with van der Waals surface area (Å²) in [5.41, 5.74) is 0.774. The van der Waals surface area contributed by atoms with Crippen molar-refractivity contribution in [1.82, 2.24) is 4.90 Å². The largest absolute Gasteiger partial charge is 0.386 e. The molecule has 0 atom stereocenters. The van der Waals surface area contributed by atoms with Crippen LogP contribution in [0, 0.1) is 0 Å². The molecule has 1 amide bonds. The maximum absolute atomic E-state index is 11.9. The van der Waals surface area contributed by atoms with Crippen molar-refractivity contribution in [2.45, 2.75) is 25.7 Å². The molecule has 1 saturated heterocycles. The van der Waals surface area contributed by atoms with Crippen molar-refractivity contribution in [3.8, 4) is 0 Å².